The van der Waals surface area contributed by atoms with Crippen LogP contribution in [0, 0.1) is 52.8 Å². The number of allylic oxidation sites excluding steroid dienone is 1. The first-order valence-electron chi connectivity index (χ1n) is 31.8. The number of aryl methyl sites for hydroxylation is 1. The third-order valence-electron chi connectivity index (χ3n) is 22.0. The van der Waals surface area contributed by atoms with Crippen molar-refractivity contribution in [2.45, 2.75) is 145 Å². The van der Waals surface area contributed by atoms with Gasteiger partial charge in [0.15, 0.2) is 23.0 Å². The second-order valence-corrected chi connectivity index (χ2v) is 26.8. The number of aldehydes is 1. The Bertz CT molecular complexity index is 4010. The van der Waals surface area contributed by atoms with Crippen molar-refractivity contribution in [3.05, 3.63) is 131 Å². The number of aliphatic hydroxyl groups is 4. The topological polar surface area (TPSA) is 269 Å². The number of cyclic esters (lactones) is 1. The van der Waals surface area contributed by atoms with Crippen LogP contribution in [0.4, 0.5) is 0 Å². The molecule has 3 aliphatic heterocycles. The van der Waals surface area contributed by atoms with Gasteiger partial charge in [-0.15, -0.1) is 0 Å². The molecule has 4 fully saturated rings. The van der Waals surface area contributed by atoms with Gasteiger partial charge >= 0.3 is 5.97 Å². The number of hydrogen-bond acceptors (Lipinski definition) is 14. The fourth-order valence-electron chi connectivity index (χ4n) is 18.5. The highest BCUT2D eigenvalue weighted by atomic mass is 16.6. The molecule has 6 heterocycles. The van der Waals surface area contributed by atoms with Crippen molar-refractivity contribution in [3.63, 3.8) is 0 Å². The predicted octanol–water partition coefficient (Wildman–Crippen LogP) is 9.25. The lowest BCUT2D eigenvalue weighted by Crippen LogP contribution is -2.64. The number of nitrogens with zero attached hydrogens (tertiary/aromatic N) is 1. The van der Waals surface area contributed by atoms with Gasteiger partial charge in [0.25, 0.3) is 0 Å². The molecule has 15 atom stereocenters. The number of rotatable bonds is 9. The van der Waals surface area contributed by atoms with Gasteiger partial charge in [-0.1, -0.05) is 48.2 Å². The number of phenols is 3. The number of esters is 1. The molecular weight excluding hydrogens is 1130 g/mol. The Morgan fingerprint density at radius 2 is 1.73 bits per heavy atom. The van der Waals surface area contributed by atoms with Crippen LogP contribution >= 0.6 is 0 Å². The van der Waals surface area contributed by atoms with Crippen LogP contribution < -0.4 is 14.8 Å². The van der Waals surface area contributed by atoms with Gasteiger partial charge in [-0.25, -0.2) is 0 Å². The summed E-state index contributed by atoms with van der Waals surface area (Å²) >= 11 is 0. The number of ether oxygens (including phenoxy) is 3. The number of phenolic OH excluding ortho intramolecular Hbond substituents is 3. The summed E-state index contributed by atoms with van der Waals surface area (Å²) in [7, 11) is 1.50. The quantitative estimate of drug-likeness (QED) is 0.0367. The molecular formula is C72H78N4O13. The summed E-state index contributed by atoms with van der Waals surface area (Å²) in [5, 5.41) is 84.5. The molecule has 4 aromatic carbocycles. The summed E-state index contributed by atoms with van der Waals surface area (Å²) in [5.41, 5.74) is 8.79. The first-order valence-corrected chi connectivity index (χ1v) is 31.8. The zero-order valence-corrected chi connectivity index (χ0v) is 50.2. The van der Waals surface area contributed by atoms with Crippen molar-refractivity contribution in [1.29, 1.82) is 0 Å². The predicted molar refractivity (Wildman–Crippen MR) is 333 cm³/mol. The van der Waals surface area contributed by atoms with Crippen LogP contribution in [0.3, 0.4) is 0 Å². The minimum Gasteiger partial charge on any atom is -0.508 e. The van der Waals surface area contributed by atoms with E-state index in [1.165, 1.54) is 19.5 Å². The smallest absolute Gasteiger partial charge is 0.318 e. The second-order valence-electron chi connectivity index (χ2n) is 26.8. The molecule has 2 spiro atoms. The number of para-hydroxylation sites is 1. The third-order valence-corrected chi connectivity index (χ3v) is 22.0. The molecule has 0 amide bonds. The number of benzene rings is 4. The molecule has 17 heteroatoms. The van der Waals surface area contributed by atoms with Gasteiger partial charge < -0.3 is 74.6 Å². The molecule has 464 valence electrons. The van der Waals surface area contributed by atoms with E-state index in [1.807, 2.05) is 55.6 Å². The van der Waals surface area contributed by atoms with Crippen LogP contribution in [0.1, 0.15) is 123 Å². The van der Waals surface area contributed by atoms with Crippen LogP contribution in [-0.2, 0) is 38.4 Å². The SMILES string of the molecule is COc1cc2c(cc1O)C1=CC3CC4(CC5(CC4C=O)NC(C(C)O)CC4CCc6ccc(O)cc6-c6cc7[nH]ccc7n6C45)C4CC(O)CCC4C3C2CC(=O)CC(C(O)Cc2ccc(O)c(OCCO)c2)OC(=O)CC#CCc2c1[nH]c1ccccc21. The summed E-state index contributed by atoms with van der Waals surface area (Å²) in [4.78, 5) is 51.7. The maximum absolute atomic E-state index is 15.6. The highest BCUT2D eigenvalue weighted by molar-refractivity contribution is 5.95. The number of H-pyrrole nitrogens is 2. The van der Waals surface area contributed by atoms with Crippen molar-refractivity contribution >= 4 is 45.5 Å². The lowest BCUT2D eigenvalue weighted by Gasteiger charge is -2.59. The normalized spacial score (nSPS) is 30.6. The molecule has 2 bridgehead atoms. The minimum atomic E-state index is -1.40. The average Bonchev–Trinajstić information content (AvgIpc) is 1.56. The molecule has 7 aliphatic rings. The lowest BCUT2D eigenvalue weighted by atomic mass is 9.46. The Balaban J connectivity index is 0.949. The Labute approximate surface area is 516 Å². The van der Waals surface area contributed by atoms with Crippen molar-refractivity contribution in [1.82, 2.24) is 19.9 Å². The molecule has 15 unspecified atom stereocenters. The van der Waals surface area contributed by atoms with Gasteiger partial charge in [-0.2, -0.15) is 0 Å². The van der Waals surface area contributed by atoms with Crippen molar-refractivity contribution < 1.29 is 64.3 Å². The largest absolute Gasteiger partial charge is 0.508 e. The number of carbonyl (C=O) groups excluding carboxylic acids is 3. The van der Waals surface area contributed by atoms with Crippen molar-refractivity contribution in [2.24, 2.45) is 40.9 Å². The van der Waals surface area contributed by atoms with Gasteiger partial charge in [0.05, 0.1) is 60.5 Å². The van der Waals surface area contributed by atoms with Gasteiger partial charge in [0.2, 0.25) is 0 Å². The first kappa shape index (κ1) is 58.8. The van der Waals surface area contributed by atoms with E-state index in [0.717, 1.165) is 74.0 Å². The minimum absolute atomic E-state index is 0.0520. The van der Waals surface area contributed by atoms with E-state index in [9.17, 15) is 45.3 Å². The van der Waals surface area contributed by atoms with Gasteiger partial charge in [-0.3, -0.25) is 9.59 Å². The molecule has 7 aromatic rings. The standard InChI is InChI=1S/C72H78N4O13/c1-38(79)57-26-41-13-12-40-14-15-44(80)27-50(40)60-33-58-59(19-20-73-58)76(60)70(41)72(75-57)35-43(36-78)71(37-72)34-42-25-54-51-31-63(85)64(87-2)32-52(51)53(68(42)49-17-16-45(81)29-55(49)71)28-46(82)30-66(62(84)23-39-11-18-61(83)65(24-39)88-22-21-77)89-67(86)10-6-4-8-48-47-7-3-5-9-56(47)74-69(48)54/h3,5,7,9,11,14-15,18-20,24-25,27,31-33,36,38,41-43,45,49,53,55,57,62,66,68,70,73-75,77,79-81,83-85H,8,10,12-13,16-17,21-23,26,28-30,34-35,37H2,1-2H3. The van der Waals surface area contributed by atoms with Gasteiger partial charge in [0.1, 0.15) is 37.0 Å². The highest BCUT2D eigenvalue weighted by Crippen LogP contribution is 2.71. The number of fused-ring (bicyclic) bond motifs is 17. The maximum atomic E-state index is 15.6. The van der Waals surface area contributed by atoms with E-state index >= 15 is 4.79 Å². The first-order chi connectivity index (χ1) is 43.1. The van der Waals surface area contributed by atoms with Crippen LogP contribution in [0.2, 0.25) is 0 Å². The Morgan fingerprint density at radius 3 is 2.55 bits per heavy atom. The number of piperidine rings is 1. The summed E-state index contributed by atoms with van der Waals surface area (Å²) in [6.45, 7) is 1.49. The summed E-state index contributed by atoms with van der Waals surface area (Å²) < 4.78 is 20.1. The Hall–Kier alpha value is -7.85. The summed E-state index contributed by atoms with van der Waals surface area (Å²) in [6, 6.07) is 25.6. The molecule has 89 heavy (non-hydrogen) atoms. The van der Waals surface area contributed by atoms with E-state index in [0.29, 0.717) is 56.1 Å². The fraction of sp³-hybridized carbons (Fsp3) is 0.458. The zero-order chi connectivity index (χ0) is 61.6. The highest BCUT2D eigenvalue weighted by Gasteiger charge is 2.68. The molecule has 1 saturated heterocycles. The van der Waals surface area contributed by atoms with Gasteiger partial charge in [0, 0.05) is 71.4 Å². The van der Waals surface area contributed by atoms with E-state index in [1.54, 1.807) is 24.3 Å². The molecule has 4 aliphatic carbocycles. The van der Waals surface area contributed by atoms with Gasteiger partial charge in [-0.05, 0) is 188 Å². The van der Waals surface area contributed by atoms with E-state index in [-0.39, 0.29) is 122 Å². The number of methoxy groups -OCH3 is 1. The number of aromatic hydroxyl groups is 3. The fourth-order valence-corrected chi connectivity index (χ4v) is 18.5. The number of nitrogens with one attached hydrogen (secondary N) is 3. The molecule has 3 saturated carbocycles. The second kappa shape index (κ2) is 23.2. The molecule has 17 nitrogen and oxygen atoms in total. The lowest BCUT2D eigenvalue weighted by molar-refractivity contribution is -0.155. The summed E-state index contributed by atoms with van der Waals surface area (Å²) in [6.07, 6.45) is 6.03. The molecule has 0 radical (unpaired) electrons. The van der Waals surface area contributed by atoms with E-state index in [4.69, 9.17) is 14.2 Å². The number of Topliss-reactive ketones (excluding diaryl/α,β-unsaturated/α-hetero) is 1. The Morgan fingerprint density at radius 1 is 0.888 bits per heavy atom. The molecule has 3 aromatic heterocycles. The van der Waals surface area contributed by atoms with Crippen molar-refractivity contribution in [3.8, 4) is 51.8 Å². The van der Waals surface area contributed by atoms with Crippen LogP contribution in [-0.4, -0.2) is 125 Å². The number of aromatic amines is 2. The summed E-state index contributed by atoms with van der Waals surface area (Å²) in [5.74, 6) is 3.50. The number of ketones is 1. The van der Waals surface area contributed by atoms with E-state index < -0.39 is 53.2 Å². The van der Waals surface area contributed by atoms with Crippen LogP contribution in [0.5, 0.6) is 28.7 Å². The maximum Gasteiger partial charge on any atom is 0.318 e. The van der Waals surface area contributed by atoms with Crippen LogP contribution in [0.25, 0.3) is 38.8 Å². The Kier molecular flexibility index (Phi) is 15.3. The number of aromatic nitrogens is 3. The van der Waals surface area contributed by atoms with Crippen molar-refractivity contribution in [2.75, 3.05) is 20.3 Å². The zero-order valence-electron chi connectivity index (χ0n) is 50.2. The monoisotopic (exact) mass is 1210 g/mol. The third kappa shape index (κ3) is 10.2. The van der Waals surface area contributed by atoms with E-state index in [2.05, 4.69) is 49.9 Å². The number of hydrogen-bond donors (Lipinski definition) is 10. The van der Waals surface area contributed by atoms with Crippen LogP contribution in [0.15, 0.2) is 97.2 Å². The molecule has 10 N–H and O–H groups in total. The average molecular weight is 1210 g/mol. The number of aliphatic hydroxyl groups excluding tert-OH is 4. The number of carbonyl (C=O) groups is 3. The molecule has 14 rings (SSSR count).